The van der Waals surface area contributed by atoms with E-state index in [9.17, 15) is 14.4 Å². The predicted molar refractivity (Wildman–Crippen MR) is 111 cm³/mol. The molecular weight excluding hydrogens is 376 g/mol. The summed E-state index contributed by atoms with van der Waals surface area (Å²) in [6, 6.07) is 8.71. The molecule has 6 nitrogen and oxygen atoms in total. The average Bonchev–Trinajstić information content (AvgIpc) is 2.98. The first-order valence-electron chi connectivity index (χ1n) is 9.30. The standard InChI is InChI=1S/C21H26N2O4S/c1-6-23(7-2)20(25)17-14(5)16(21(26)27-13(3)4)19(28-17)22-18(24)15-11-9-8-10-12-15/h8-13H,6-7H2,1-5H3,(H,22,24). The molecular formula is C21H26N2O4S. The van der Waals surface area contributed by atoms with E-state index >= 15 is 0 Å². The van der Waals surface area contributed by atoms with E-state index in [4.69, 9.17) is 4.74 Å². The second-order valence-corrected chi connectivity index (χ2v) is 7.53. The normalized spacial score (nSPS) is 10.6. The number of rotatable bonds is 7. The number of esters is 1. The van der Waals surface area contributed by atoms with Crippen LogP contribution in [0.5, 0.6) is 0 Å². The van der Waals surface area contributed by atoms with Crippen LogP contribution in [0.1, 0.15) is 63.6 Å². The molecule has 0 atom stereocenters. The molecule has 1 aromatic carbocycles. The fourth-order valence-corrected chi connectivity index (χ4v) is 3.90. The molecule has 0 saturated heterocycles. The summed E-state index contributed by atoms with van der Waals surface area (Å²) in [6.45, 7) is 10.1. The smallest absolute Gasteiger partial charge is 0.341 e. The lowest BCUT2D eigenvalue weighted by atomic mass is 10.1. The third-order valence-corrected chi connectivity index (χ3v) is 5.40. The Kier molecular flexibility index (Phi) is 7.34. The SMILES string of the molecule is CCN(CC)C(=O)c1sc(NC(=O)c2ccccc2)c(C(=O)OC(C)C)c1C. The van der Waals surface area contributed by atoms with Crippen LogP contribution < -0.4 is 5.32 Å². The molecule has 1 aromatic heterocycles. The van der Waals surface area contributed by atoms with Gasteiger partial charge in [0.1, 0.15) is 5.00 Å². The van der Waals surface area contributed by atoms with E-state index in [1.54, 1.807) is 49.9 Å². The number of hydrogen-bond donors (Lipinski definition) is 1. The van der Waals surface area contributed by atoms with E-state index < -0.39 is 5.97 Å². The van der Waals surface area contributed by atoms with E-state index in [0.717, 1.165) is 11.3 Å². The first kappa shape index (κ1) is 21.6. The second-order valence-electron chi connectivity index (χ2n) is 6.51. The number of carbonyl (C=O) groups is 3. The zero-order valence-electron chi connectivity index (χ0n) is 16.9. The molecule has 7 heteroatoms. The zero-order chi connectivity index (χ0) is 20.8. The summed E-state index contributed by atoms with van der Waals surface area (Å²) in [4.78, 5) is 40.2. The van der Waals surface area contributed by atoms with Crippen molar-refractivity contribution in [3.05, 3.63) is 51.9 Å². The number of anilines is 1. The van der Waals surface area contributed by atoms with Crippen molar-refractivity contribution < 1.29 is 19.1 Å². The van der Waals surface area contributed by atoms with Crippen molar-refractivity contribution >= 4 is 34.1 Å². The molecule has 1 N–H and O–H groups in total. The van der Waals surface area contributed by atoms with Gasteiger partial charge in [0.05, 0.1) is 16.5 Å². The third-order valence-electron chi connectivity index (χ3n) is 4.20. The van der Waals surface area contributed by atoms with E-state index in [1.807, 2.05) is 19.9 Å². The molecule has 1 heterocycles. The van der Waals surface area contributed by atoms with Crippen LogP contribution in [0.3, 0.4) is 0 Å². The van der Waals surface area contributed by atoms with Gasteiger partial charge in [-0.25, -0.2) is 4.79 Å². The minimum Gasteiger partial charge on any atom is -0.459 e. The summed E-state index contributed by atoms with van der Waals surface area (Å²) in [7, 11) is 0. The molecule has 2 rings (SSSR count). The van der Waals surface area contributed by atoms with Crippen LogP contribution in [-0.4, -0.2) is 41.9 Å². The number of hydrogen-bond acceptors (Lipinski definition) is 5. The van der Waals surface area contributed by atoms with E-state index in [1.165, 1.54) is 0 Å². The number of ether oxygens (including phenoxy) is 1. The minimum absolute atomic E-state index is 0.161. The maximum absolute atomic E-state index is 12.9. The Hall–Kier alpha value is -2.67. The molecule has 0 spiro atoms. The van der Waals surface area contributed by atoms with Crippen LogP contribution in [0.2, 0.25) is 0 Å². The topological polar surface area (TPSA) is 75.7 Å². The molecule has 0 bridgehead atoms. The fraction of sp³-hybridized carbons (Fsp3) is 0.381. The van der Waals surface area contributed by atoms with Crippen LogP contribution >= 0.6 is 11.3 Å². The summed E-state index contributed by atoms with van der Waals surface area (Å²) in [6.07, 6.45) is -0.314. The van der Waals surface area contributed by atoms with Crippen LogP contribution in [0.15, 0.2) is 30.3 Å². The summed E-state index contributed by atoms with van der Waals surface area (Å²) < 4.78 is 5.34. The summed E-state index contributed by atoms with van der Waals surface area (Å²) in [5.74, 6) is -1.06. The Morgan fingerprint density at radius 1 is 1.11 bits per heavy atom. The van der Waals surface area contributed by atoms with Crippen LogP contribution in [0, 0.1) is 6.92 Å². The van der Waals surface area contributed by atoms with Gasteiger partial charge in [0.25, 0.3) is 11.8 Å². The van der Waals surface area contributed by atoms with Gasteiger partial charge in [0.15, 0.2) is 0 Å². The fourth-order valence-electron chi connectivity index (χ4n) is 2.74. The van der Waals surface area contributed by atoms with Gasteiger partial charge < -0.3 is 15.0 Å². The Labute approximate surface area is 169 Å². The molecule has 0 radical (unpaired) electrons. The molecule has 0 saturated carbocycles. The van der Waals surface area contributed by atoms with Crippen molar-refractivity contribution in [3.63, 3.8) is 0 Å². The highest BCUT2D eigenvalue weighted by Crippen LogP contribution is 2.35. The Morgan fingerprint density at radius 3 is 2.25 bits per heavy atom. The summed E-state index contributed by atoms with van der Waals surface area (Å²) in [5, 5.41) is 3.11. The molecule has 0 aliphatic carbocycles. The summed E-state index contributed by atoms with van der Waals surface area (Å²) in [5.41, 5.74) is 1.22. The highest BCUT2D eigenvalue weighted by atomic mass is 32.1. The van der Waals surface area contributed by atoms with Crippen molar-refractivity contribution in [2.45, 2.75) is 40.7 Å². The van der Waals surface area contributed by atoms with Gasteiger partial charge in [0, 0.05) is 18.7 Å². The average molecular weight is 403 g/mol. The molecule has 2 aromatic rings. The molecule has 0 aliphatic heterocycles. The largest absolute Gasteiger partial charge is 0.459 e. The summed E-state index contributed by atoms with van der Waals surface area (Å²) >= 11 is 1.11. The quantitative estimate of drug-likeness (QED) is 0.699. The molecule has 0 fully saturated rings. The van der Waals surface area contributed by atoms with Gasteiger partial charge in [-0.2, -0.15) is 0 Å². The lowest BCUT2D eigenvalue weighted by Gasteiger charge is -2.18. The first-order chi connectivity index (χ1) is 13.3. The second kappa shape index (κ2) is 9.50. The Bertz CT molecular complexity index is 855. The molecule has 28 heavy (non-hydrogen) atoms. The molecule has 0 unspecified atom stereocenters. The maximum atomic E-state index is 12.9. The lowest BCUT2D eigenvalue weighted by molar-refractivity contribution is 0.0379. The van der Waals surface area contributed by atoms with Gasteiger partial charge in [0.2, 0.25) is 0 Å². The minimum atomic E-state index is -0.550. The lowest BCUT2D eigenvalue weighted by Crippen LogP contribution is -2.30. The highest BCUT2D eigenvalue weighted by Gasteiger charge is 2.28. The predicted octanol–water partition coefficient (Wildman–Crippen LogP) is 4.36. The van der Waals surface area contributed by atoms with Crippen molar-refractivity contribution in [2.24, 2.45) is 0 Å². The van der Waals surface area contributed by atoms with Gasteiger partial charge in [-0.15, -0.1) is 11.3 Å². The maximum Gasteiger partial charge on any atom is 0.341 e. The number of carbonyl (C=O) groups excluding carboxylic acids is 3. The van der Waals surface area contributed by atoms with Crippen LogP contribution in [0.4, 0.5) is 5.00 Å². The Balaban J connectivity index is 2.47. The van der Waals surface area contributed by atoms with Crippen molar-refractivity contribution in [1.82, 2.24) is 4.90 Å². The van der Waals surface area contributed by atoms with Crippen molar-refractivity contribution in [1.29, 1.82) is 0 Å². The first-order valence-corrected chi connectivity index (χ1v) is 10.1. The van der Waals surface area contributed by atoms with Crippen LogP contribution in [-0.2, 0) is 4.74 Å². The van der Waals surface area contributed by atoms with E-state index in [-0.39, 0.29) is 23.5 Å². The van der Waals surface area contributed by atoms with Gasteiger partial charge in [-0.3, -0.25) is 9.59 Å². The van der Waals surface area contributed by atoms with Gasteiger partial charge >= 0.3 is 5.97 Å². The number of amides is 2. The highest BCUT2D eigenvalue weighted by molar-refractivity contribution is 7.18. The number of nitrogens with one attached hydrogen (secondary N) is 1. The third kappa shape index (κ3) is 4.78. The number of benzene rings is 1. The van der Waals surface area contributed by atoms with Gasteiger partial charge in [-0.05, 0) is 52.3 Å². The van der Waals surface area contributed by atoms with Crippen molar-refractivity contribution in [3.8, 4) is 0 Å². The Morgan fingerprint density at radius 2 is 1.71 bits per heavy atom. The van der Waals surface area contributed by atoms with Crippen LogP contribution in [0.25, 0.3) is 0 Å². The molecule has 2 amide bonds. The zero-order valence-corrected chi connectivity index (χ0v) is 17.7. The van der Waals surface area contributed by atoms with Gasteiger partial charge in [-0.1, -0.05) is 18.2 Å². The monoisotopic (exact) mass is 402 g/mol. The number of thiophene rings is 1. The molecule has 150 valence electrons. The van der Waals surface area contributed by atoms with E-state index in [2.05, 4.69) is 5.32 Å². The van der Waals surface area contributed by atoms with Crippen molar-refractivity contribution in [2.75, 3.05) is 18.4 Å². The number of nitrogens with zero attached hydrogens (tertiary/aromatic N) is 1. The molecule has 0 aliphatic rings. The van der Waals surface area contributed by atoms with E-state index in [0.29, 0.717) is 34.1 Å².